The first-order valence-electron chi connectivity index (χ1n) is 9.60. The zero-order valence-corrected chi connectivity index (χ0v) is 15.5. The Morgan fingerprint density at radius 3 is 2.63 bits per heavy atom. The predicted molar refractivity (Wildman–Crippen MR) is 105 cm³/mol. The average Bonchev–Trinajstić information content (AvgIpc) is 2.90. The summed E-state index contributed by atoms with van der Waals surface area (Å²) in [6.07, 6.45) is 3.29. The smallest absolute Gasteiger partial charge is 0.315 e. The van der Waals surface area contributed by atoms with Gasteiger partial charge in [0, 0.05) is 17.4 Å². The summed E-state index contributed by atoms with van der Waals surface area (Å²) in [4.78, 5) is 25.6. The summed E-state index contributed by atoms with van der Waals surface area (Å²) >= 11 is 0. The van der Waals surface area contributed by atoms with Crippen LogP contribution in [0.15, 0.2) is 54.6 Å². The van der Waals surface area contributed by atoms with Gasteiger partial charge in [0.2, 0.25) is 11.8 Å². The number of fused-ring (bicyclic) bond motifs is 3. The number of hydrogen-bond donors (Lipinski definition) is 0. The van der Waals surface area contributed by atoms with Gasteiger partial charge in [0.15, 0.2) is 0 Å². The van der Waals surface area contributed by atoms with Crippen LogP contribution >= 0.6 is 0 Å². The molecule has 0 N–H and O–H groups in total. The van der Waals surface area contributed by atoms with Crippen molar-refractivity contribution in [2.75, 3.05) is 0 Å². The first-order chi connectivity index (χ1) is 13.2. The van der Waals surface area contributed by atoms with Crippen molar-refractivity contribution in [3.8, 4) is 5.88 Å². The number of carbonyl (C=O) groups is 2. The highest BCUT2D eigenvalue weighted by atomic mass is 16.5. The molecular weight excluding hydrogens is 338 g/mol. The van der Waals surface area contributed by atoms with E-state index >= 15 is 0 Å². The normalized spacial score (nSPS) is 16.6. The molecule has 2 heterocycles. The van der Waals surface area contributed by atoms with Gasteiger partial charge in [-0.2, -0.15) is 0 Å². The molecule has 138 valence electrons. The molecule has 1 unspecified atom stereocenters. The van der Waals surface area contributed by atoms with E-state index in [1.165, 1.54) is 0 Å². The maximum absolute atomic E-state index is 12.8. The molecule has 2 aromatic carbocycles. The molecule has 0 spiro atoms. The van der Waals surface area contributed by atoms with Gasteiger partial charge in [-0.3, -0.25) is 9.59 Å². The van der Waals surface area contributed by atoms with Gasteiger partial charge in [-0.05, 0) is 37.3 Å². The van der Waals surface area contributed by atoms with Crippen LogP contribution in [0.2, 0.25) is 0 Å². The highest BCUT2D eigenvalue weighted by Crippen LogP contribution is 2.37. The summed E-state index contributed by atoms with van der Waals surface area (Å²) < 4.78 is 7.44. The number of ether oxygens (including phenoxy) is 1. The van der Waals surface area contributed by atoms with Crippen molar-refractivity contribution in [2.45, 2.75) is 39.0 Å². The molecule has 0 saturated carbocycles. The molecule has 0 amide bonds. The van der Waals surface area contributed by atoms with Crippen LogP contribution in [0.4, 0.5) is 0 Å². The molecule has 0 saturated heterocycles. The van der Waals surface area contributed by atoms with Crippen LogP contribution in [0.5, 0.6) is 5.88 Å². The third-order valence-corrected chi connectivity index (χ3v) is 5.24. The molecule has 1 aliphatic heterocycles. The van der Waals surface area contributed by atoms with E-state index in [2.05, 4.69) is 0 Å². The van der Waals surface area contributed by atoms with Crippen molar-refractivity contribution in [3.05, 3.63) is 65.7 Å². The lowest BCUT2D eigenvalue weighted by Gasteiger charge is -2.13. The number of para-hydroxylation sites is 1. The van der Waals surface area contributed by atoms with Crippen LogP contribution in [-0.4, -0.2) is 16.4 Å². The fourth-order valence-electron chi connectivity index (χ4n) is 3.90. The van der Waals surface area contributed by atoms with Gasteiger partial charge in [-0.25, -0.2) is 4.57 Å². The molecule has 0 aliphatic carbocycles. The molecule has 0 bridgehead atoms. The number of aromatic nitrogens is 1. The molecule has 3 aromatic rings. The maximum Gasteiger partial charge on any atom is 0.315 e. The quantitative estimate of drug-likeness (QED) is 0.628. The number of esters is 1. The zero-order valence-electron chi connectivity index (χ0n) is 15.5. The lowest BCUT2D eigenvalue weighted by molar-refractivity contribution is -0.139. The second-order valence-corrected chi connectivity index (χ2v) is 7.13. The fourth-order valence-corrected chi connectivity index (χ4v) is 3.90. The number of carbonyl (C=O) groups excluding carboxylic acids is 2. The Hall–Kier alpha value is -2.88. The van der Waals surface area contributed by atoms with Gasteiger partial charge in [0.1, 0.15) is 0 Å². The van der Waals surface area contributed by atoms with Crippen LogP contribution in [-0.2, 0) is 17.6 Å². The summed E-state index contributed by atoms with van der Waals surface area (Å²) in [6, 6.07) is 17.8. The second kappa shape index (κ2) is 7.39. The highest BCUT2D eigenvalue weighted by molar-refractivity contribution is 5.98. The summed E-state index contributed by atoms with van der Waals surface area (Å²) in [5, 5.41) is 1.00. The third kappa shape index (κ3) is 3.27. The van der Waals surface area contributed by atoms with Gasteiger partial charge >= 0.3 is 5.97 Å². The van der Waals surface area contributed by atoms with Crippen molar-refractivity contribution in [1.29, 1.82) is 0 Å². The third-order valence-electron chi connectivity index (χ3n) is 5.24. The molecule has 4 rings (SSSR count). The van der Waals surface area contributed by atoms with Crippen LogP contribution in [0.1, 0.15) is 42.1 Å². The first-order valence-corrected chi connectivity index (χ1v) is 9.60. The van der Waals surface area contributed by atoms with Gasteiger partial charge in [-0.1, -0.05) is 55.5 Å². The monoisotopic (exact) mass is 361 g/mol. The lowest BCUT2D eigenvalue weighted by atomic mass is 9.93. The maximum atomic E-state index is 12.8. The SMILES string of the molecule is CCCC(=O)n1c2c(c3ccccc31)CCC(Cc1ccccc1)C(=O)O2. The van der Waals surface area contributed by atoms with Crippen molar-refractivity contribution >= 4 is 22.8 Å². The number of nitrogens with zero attached hydrogens (tertiary/aromatic N) is 1. The Bertz CT molecular complexity index is 988. The fraction of sp³-hybridized carbons (Fsp3) is 0.304. The van der Waals surface area contributed by atoms with Crippen molar-refractivity contribution in [3.63, 3.8) is 0 Å². The van der Waals surface area contributed by atoms with Crippen molar-refractivity contribution < 1.29 is 14.3 Å². The summed E-state index contributed by atoms with van der Waals surface area (Å²) in [5.41, 5.74) is 2.93. The van der Waals surface area contributed by atoms with E-state index in [9.17, 15) is 9.59 Å². The second-order valence-electron chi connectivity index (χ2n) is 7.13. The van der Waals surface area contributed by atoms with Gasteiger partial charge in [0.05, 0.1) is 11.4 Å². The summed E-state index contributed by atoms with van der Waals surface area (Å²) in [7, 11) is 0. The predicted octanol–water partition coefficient (Wildman–Crippen LogP) is 4.79. The van der Waals surface area contributed by atoms with Gasteiger partial charge in [0.25, 0.3) is 0 Å². The van der Waals surface area contributed by atoms with Gasteiger partial charge in [-0.15, -0.1) is 0 Å². The van der Waals surface area contributed by atoms with E-state index in [1.807, 2.05) is 61.5 Å². The molecule has 27 heavy (non-hydrogen) atoms. The van der Waals surface area contributed by atoms with Crippen LogP contribution in [0.25, 0.3) is 10.9 Å². The van der Waals surface area contributed by atoms with Crippen LogP contribution in [0, 0.1) is 5.92 Å². The number of rotatable bonds is 4. The van der Waals surface area contributed by atoms with Gasteiger partial charge < -0.3 is 4.74 Å². The lowest BCUT2D eigenvalue weighted by Crippen LogP contribution is -2.23. The first kappa shape index (κ1) is 17.5. The number of benzene rings is 2. The Morgan fingerprint density at radius 1 is 1.11 bits per heavy atom. The minimum Gasteiger partial charge on any atom is -0.408 e. The minimum absolute atomic E-state index is 0.0238. The van der Waals surface area contributed by atoms with E-state index in [0.29, 0.717) is 18.7 Å². The molecule has 1 aromatic heterocycles. The molecule has 1 atom stereocenters. The number of aryl methyl sites for hydroxylation is 1. The van der Waals surface area contributed by atoms with Crippen LogP contribution < -0.4 is 4.74 Å². The van der Waals surface area contributed by atoms with Crippen molar-refractivity contribution in [2.24, 2.45) is 5.92 Å². The Kier molecular flexibility index (Phi) is 4.80. The van der Waals surface area contributed by atoms with Crippen LogP contribution in [0.3, 0.4) is 0 Å². The van der Waals surface area contributed by atoms with E-state index in [4.69, 9.17) is 4.74 Å². The summed E-state index contributed by atoms with van der Waals surface area (Å²) in [5.74, 6) is -0.0429. The van der Waals surface area contributed by atoms with E-state index in [0.717, 1.165) is 41.3 Å². The molecule has 4 nitrogen and oxygen atoms in total. The topological polar surface area (TPSA) is 48.3 Å². The van der Waals surface area contributed by atoms with Crippen molar-refractivity contribution in [1.82, 2.24) is 4.57 Å². The Balaban J connectivity index is 1.72. The zero-order chi connectivity index (χ0) is 18.8. The number of hydrogen-bond acceptors (Lipinski definition) is 3. The average molecular weight is 361 g/mol. The highest BCUT2D eigenvalue weighted by Gasteiger charge is 2.31. The minimum atomic E-state index is -0.244. The van der Waals surface area contributed by atoms with E-state index in [-0.39, 0.29) is 17.8 Å². The molecule has 1 aliphatic rings. The molecule has 4 heteroatoms. The van der Waals surface area contributed by atoms with E-state index < -0.39 is 0 Å². The Labute approximate surface area is 158 Å². The Morgan fingerprint density at radius 2 is 1.85 bits per heavy atom. The summed E-state index contributed by atoms with van der Waals surface area (Å²) in [6.45, 7) is 1.98. The van der Waals surface area contributed by atoms with E-state index in [1.54, 1.807) is 4.57 Å². The molecule has 0 fully saturated rings. The standard InChI is InChI=1S/C23H23NO3/c1-2-8-21(25)24-20-12-7-6-11-18(20)19-14-13-17(23(26)27-22(19)24)15-16-9-4-3-5-10-16/h3-7,9-12,17H,2,8,13-15H2,1H3. The molecular formula is C23H23NO3. The molecule has 0 radical (unpaired) electrons. The largest absolute Gasteiger partial charge is 0.408 e.